The fourth-order valence-electron chi connectivity index (χ4n) is 1.62. The number of thioether (sulfide) groups is 1. The third-order valence-corrected chi connectivity index (χ3v) is 4.24. The highest BCUT2D eigenvalue weighted by Crippen LogP contribution is 2.24. The number of hydrogen-bond donors (Lipinski definition) is 1. The molecule has 2 rings (SSSR count). The molecule has 0 spiro atoms. The smallest absolute Gasteiger partial charge is 0.147 e. The van der Waals surface area contributed by atoms with E-state index in [1.165, 1.54) is 11.8 Å². The fraction of sp³-hybridized carbons (Fsp3) is 0.143. The van der Waals surface area contributed by atoms with E-state index in [0.717, 1.165) is 5.56 Å². The van der Waals surface area contributed by atoms with Crippen LogP contribution in [0.15, 0.2) is 47.0 Å². The van der Waals surface area contributed by atoms with Crippen LogP contribution in [0.5, 0.6) is 0 Å². The van der Waals surface area contributed by atoms with Crippen molar-refractivity contribution in [2.75, 3.05) is 5.88 Å². The fourth-order valence-corrected chi connectivity index (χ4v) is 2.87. The molecule has 1 heterocycles. The number of benzene rings is 1. The first-order chi connectivity index (χ1) is 10.7. The van der Waals surface area contributed by atoms with Crippen LogP contribution in [-0.4, -0.2) is 27.6 Å². The molecule has 0 bridgehead atoms. The first kappa shape index (κ1) is 16.9. The zero-order valence-corrected chi connectivity index (χ0v) is 13.9. The van der Waals surface area contributed by atoms with Gasteiger partial charge in [0.25, 0.3) is 0 Å². The van der Waals surface area contributed by atoms with Crippen LogP contribution in [0.4, 0.5) is 0 Å². The Morgan fingerprint density at radius 3 is 2.68 bits per heavy atom. The lowest BCUT2D eigenvalue weighted by Gasteiger charge is -2.09. The van der Waals surface area contributed by atoms with Gasteiger partial charge in [-0.2, -0.15) is 5.10 Å². The lowest BCUT2D eigenvalue weighted by Crippen LogP contribution is -2.15. The van der Waals surface area contributed by atoms with Gasteiger partial charge >= 0.3 is 0 Å². The largest absolute Gasteiger partial charge is 0.303 e. The van der Waals surface area contributed by atoms with E-state index in [1.54, 1.807) is 18.6 Å². The summed E-state index contributed by atoms with van der Waals surface area (Å²) in [5, 5.41) is 12.7. The monoisotopic (exact) mass is 353 g/mol. The third kappa shape index (κ3) is 4.78. The van der Waals surface area contributed by atoms with Gasteiger partial charge in [0.05, 0.1) is 6.20 Å². The number of nitrogens with zero attached hydrogens (tertiary/aromatic N) is 4. The molecule has 0 fully saturated rings. The molecule has 2 aromatic rings. The van der Waals surface area contributed by atoms with Crippen molar-refractivity contribution < 1.29 is 0 Å². The highest BCUT2D eigenvalue weighted by Gasteiger charge is 2.08. The van der Waals surface area contributed by atoms with Crippen molar-refractivity contribution in [3.63, 3.8) is 0 Å². The Morgan fingerprint density at radius 2 is 2.05 bits per heavy atom. The molecule has 22 heavy (non-hydrogen) atoms. The molecule has 114 valence electrons. The van der Waals surface area contributed by atoms with Crippen molar-refractivity contribution in [1.82, 2.24) is 15.3 Å². The highest BCUT2D eigenvalue weighted by atomic mass is 35.5. The second-order valence-electron chi connectivity index (χ2n) is 4.05. The molecule has 1 N–H and O–H groups in total. The molecule has 0 aliphatic carbocycles. The second kappa shape index (κ2) is 8.85. The number of nitrogens with one attached hydrogen (secondary N) is 1. The van der Waals surface area contributed by atoms with Gasteiger partial charge in [0, 0.05) is 47.1 Å². The predicted molar refractivity (Wildman–Crippen MR) is 93.9 cm³/mol. The standard InChI is InChI=1S/C14H13Cl2N5S/c1-17-21-14(13-8-18-5-6-20-13)22-9-19-7-10-11(15)3-2-4-12(10)16/h2-6,8,19H,1,7,9H2/b21-14-. The SMILES string of the molecule is C=N/N=C(\SCNCc1c(Cl)cccc1Cl)c1cnccn1. The van der Waals surface area contributed by atoms with E-state index in [0.29, 0.717) is 33.2 Å². The van der Waals surface area contributed by atoms with E-state index in [-0.39, 0.29) is 0 Å². The van der Waals surface area contributed by atoms with Crippen molar-refractivity contribution >= 4 is 46.7 Å². The van der Waals surface area contributed by atoms with Crippen LogP contribution in [0.1, 0.15) is 11.3 Å². The maximum absolute atomic E-state index is 6.12. The summed E-state index contributed by atoms with van der Waals surface area (Å²) in [7, 11) is 0. The maximum atomic E-state index is 6.12. The first-order valence-electron chi connectivity index (χ1n) is 6.29. The van der Waals surface area contributed by atoms with Crippen LogP contribution in [0, 0.1) is 0 Å². The molecule has 0 radical (unpaired) electrons. The zero-order valence-electron chi connectivity index (χ0n) is 11.5. The molecule has 0 unspecified atom stereocenters. The maximum Gasteiger partial charge on any atom is 0.147 e. The Hall–Kier alpha value is -1.47. The summed E-state index contributed by atoms with van der Waals surface area (Å²) in [5.74, 6) is 0.590. The number of aromatic nitrogens is 2. The normalized spacial score (nSPS) is 11.5. The molecule has 0 saturated heterocycles. The minimum absolute atomic E-state index is 0.556. The van der Waals surface area contributed by atoms with Gasteiger partial charge in [-0.1, -0.05) is 41.0 Å². The van der Waals surface area contributed by atoms with Gasteiger partial charge in [0.2, 0.25) is 0 Å². The number of rotatable bonds is 6. The molecular weight excluding hydrogens is 341 g/mol. The molecule has 1 aromatic carbocycles. The van der Waals surface area contributed by atoms with Crippen LogP contribution in [0.2, 0.25) is 10.0 Å². The van der Waals surface area contributed by atoms with E-state index >= 15 is 0 Å². The van der Waals surface area contributed by atoms with Crippen molar-refractivity contribution in [3.05, 3.63) is 58.1 Å². The zero-order chi connectivity index (χ0) is 15.8. The minimum atomic E-state index is 0.556. The summed E-state index contributed by atoms with van der Waals surface area (Å²) < 4.78 is 0. The van der Waals surface area contributed by atoms with Crippen LogP contribution in [0.25, 0.3) is 0 Å². The molecular formula is C14H13Cl2N5S. The summed E-state index contributed by atoms with van der Waals surface area (Å²) in [6.07, 6.45) is 4.83. The summed E-state index contributed by atoms with van der Waals surface area (Å²) in [5.41, 5.74) is 1.52. The summed E-state index contributed by atoms with van der Waals surface area (Å²) >= 11 is 13.7. The van der Waals surface area contributed by atoms with Crippen molar-refractivity contribution in [2.24, 2.45) is 10.2 Å². The number of hydrogen-bond acceptors (Lipinski definition) is 6. The van der Waals surface area contributed by atoms with E-state index in [1.807, 2.05) is 18.2 Å². The Kier molecular flexibility index (Phi) is 6.79. The van der Waals surface area contributed by atoms with Crippen molar-refractivity contribution in [2.45, 2.75) is 6.54 Å². The topological polar surface area (TPSA) is 62.5 Å². The molecule has 0 saturated carbocycles. The van der Waals surface area contributed by atoms with Crippen molar-refractivity contribution in [1.29, 1.82) is 0 Å². The first-order valence-corrected chi connectivity index (χ1v) is 8.03. The van der Waals surface area contributed by atoms with E-state index < -0.39 is 0 Å². The van der Waals surface area contributed by atoms with Gasteiger partial charge in [-0.3, -0.25) is 9.97 Å². The van der Waals surface area contributed by atoms with Crippen LogP contribution >= 0.6 is 35.0 Å². The average molecular weight is 354 g/mol. The Labute approximate surface area is 142 Å². The molecule has 8 heteroatoms. The van der Waals surface area contributed by atoms with Crippen molar-refractivity contribution in [3.8, 4) is 0 Å². The Morgan fingerprint density at radius 1 is 1.27 bits per heavy atom. The summed E-state index contributed by atoms with van der Waals surface area (Å²) in [6.45, 7) is 3.93. The van der Waals surface area contributed by atoms with Crippen LogP contribution in [0.3, 0.4) is 0 Å². The molecule has 1 aromatic heterocycles. The van der Waals surface area contributed by atoms with Crippen LogP contribution < -0.4 is 5.32 Å². The second-order valence-corrected chi connectivity index (χ2v) is 5.83. The molecule has 0 amide bonds. The minimum Gasteiger partial charge on any atom is -0.303 e. The quantitative estimate of drug-likeness (QED) is 0.283. The highest BCUT2D eigenvalue weighted by molar-refractivity contribution is 8.14. The van der Waals surface area contributed by atoms with E-state index in [2.05, 4.69) is 32.2 Å². The summed E-state index contributed by atoms with van der Waals surface area (Å²) in [6, 6.07) is 5.44. The number of halogens is 2. The molecule has 0 aliphatic rings. The van der Waals surface area contributed by atoms with Gasteiger partial charge in [-0.15, -0.1) is 5.10 Å². The summed E-state index contributed by atoms with van der Waals surface area (Å²) in [4.78, 5) is 8.20. The van der Waals surface area contributed by atoms with Gasteiger partial charge in [0.15, 0.2) is 0 Å². The van der Waals surface area contributed by atoms with Gasteiger partial charge in [-0.05, 0) is 12.1 Å². The predicted octanol–water partition coefficient (Wildman–Crippen LogP) is 3.63. The van der Waals surface area contributed by atoms with Gasteiger partial charge in [0.1, 0.15) is 10.7 Å². The average Bonchev–Trinajstić information content (AvgIpc) is 2.53. The van der Waals surface area contributed by atoms with Gasteiger partial charge < -0.3 is 5.32 Å². The van der Waals surface area contributed by atoms with Crippen LogP contribution in [-0.2, 0) is 6.54 Å². The third-order valence-electron chi connectivity index (χ3n) is 2.62. The van der Waals surface area contributed by atoms with E-state index in [4.69, 9.17) is 23.2 Å². The lowest BCUT2D eigenvalue weighted by molar-refractivity contribution is 0.798. The van der Waals surface area contributed by atoms with E-state index in [9.17, 15) is 0 Å². The molecule has 0 atom stereocenters. The Bertz CT molecular complexity index is 643. The molecule has 0 aliphatic heterocycles. The molecule has 5 nitrogen and oxygen atoms in total. The van der Waals surface area contributed by atoms with Gasteiger partial charge in [-0.25, -0.2) is 0 Å². The Balaban J connectivity index is 1.92. The lowest BCUT2D eigenvalue weighted by atomic mass is 10.2.